The summed E-state index contributed by atoms with van der Waals surface area (Å²) in [6.45, 7) is 4.80. The maximum atomic E-state index is 5.92. The lowest BCUT2D eigenvalue weighted by atomic mass is 9.88. The van der Waals surface area contributed by atoms with Crippen LogP contribution in [0.1, 0.15) is 30.9 Å². The SMILES string of the molecule is CCc1ccccc1C(CN)C(C)N. The summed E-state index contributed by atoms with van der Waals surface area (Å²) in [5.74, 6) is 0.283. The molecule has 78 valence electrons. The molecular weight excluding hydrogens is 172 g/mol. The Hall–Kier alpha value is -0.860. The van der Waals surface area contributed by atoms with E-state index in [1.54, 1.807) is 0 Å². The monoisotopic (exact) mass is 192 g/mol. The van der Waals surface area contributed by atoms with Gasteiger partial charge in [0.05, 0.1) is 0 Å². The van der Waals surface area contributed by atoms with Gasteiger partial charge < -0.3 is 11.5 Å². The molecular formula is C12H20N2. The van der Waals surface area contributed by atoms with Gasteiger partial charge in [-0.05, 0) is 24.5 Å². The Bertz CT molecular complexity index is 281. The van der Waals surface area contributed by atoms with Gasteiger partial charge in [-0.3, -0.25) is 0 Å². The van der Waals surface area contributed by atoms with E-state index < -0.39 is 0 Å². The Labute approximate surface area is 86.3 Å². The van der Waals surface area contributed by atoms with Crippen LogP contribution in [-0.4, -0.2) is 12.6 Å². The summed E-state index contributed by atoms with van der Waals surface area (Å²) in [6, 6.07) is 8.53. The smallest absolute Gasteiger partial charge is 0.0113 e. The van der Waals surface area contributed by atoms with Gasteiger partial charge in [0.2, 0.25) is 0 Å². The van der Waals surface area contributed by atoms with E-state index in [2.05, 4.69) is 31.2 Å². The highest BCUT2D eigenvalue weighted by atomic mass is 14.7. The van der Waals surface area contributed by atoms with Gasteiger partial charge in [-0.25, -0.2) is 0 Å². The molecule has 0 heterocycles. The van der Waals surface area contributed by atoms with Gasteiger partial charge >= 0.3 is 0 Å². The number of hydrogen-bond donors (Lipinski definition) is 2. The second-order valence-corrected chi connectivity index (χ2v) is 3.75. The zero-order valence-corrected chi connectivity index (χ0v) is 9.03. The molecule has 0 saturated carbocycles. The minimum Gasteiger partial charge on any atom is -0.330 e. The Morgan fingerprint density at radius 1 is 1.29 bits per heavy atom. The van der Waals surface area contributed by atoms with E-state index in [4.69, 9.17) is 11.5 Å². The summed E-state index contributed by atoms with van der Waals surface area (Å²) >= 11 is 0. The number of benzene rings is 1. The van der Waals surface area contributed by atoms with Crippen molar-refractivity contribution in [2.24, 2.45) is 11.5 Å². The van der Waals surface area contributed by atoms with Crippen LogP contribution < -0.4 is 11.5 Å². The lowest BCUT2D eigenvalue weighted by Crippen LogP contribution is -2.31. The molecule has 2 unspecified atom stereocenters. The minimum absolute atomic E-state index is 0.118. The van der Waals surface area contributed by atoms with Crippen molar-refractivity contribution in [2.45, 2.75) is 32.2 Å². The third kappa shape index (κ3) is 2.34. The minimum atomic E-state index is 0.118. The van der Waals surface area contributed by atoms with Crippen LogP contribution >= 0.6 is 0 Å². The summed E-state index contributed by atoms with van der Waals surface area (Å²) in [4.78, 5) is 0. The van der Waals surface area contributed by atoms with Gasteiger partial charge in [0.25, 0.3) is 0 Å². The molecule has 0 bridgehead atoms. The van der Waals surface area contributed by atoms with E-state index >= 15 is 0 Å². The fourth-order valence-corrected chi connectivity index (χ4v) is 1.84. The first-order chi connectivity index (χ1) is 6.70. The first-order valence-corrected chi connectivity index (χ1v) is 5.24. The van der Waals surface area contributed by atoms with E-state index in [0.717, 1.165) is 6.42 Å². The fraction of sp³-hybridized carbons (Fsp3) is 0.500. The highest BCUT2D eigenvalue weighted by Gasteiger charge is 2.16. The largest absolute Gasteiger partial charge is 0.330 e. The summed E-state index contributed by atoms with van der Waals surface area (Å²) in [7, 11) is 0. The van der Waals surface area contributed by atoms with Crippen molar-refractivity contribution in [1.29, 1.82) is 0 Å². The third-order valence-electron chi connectivity index (χ3n) is 2.72. The quantitative estimate of drug-likeness (QED) is 0.762. The van der Waals surface area contributed by atoms with Crippen molar-refractivity contribution >= 4 is 0 Å². The molecule has 0 aromatic heterocycles. The number of aryl methyl sites for hydroxylation is 1. The molecule has 0 spiro atoms. The summed E-state index contributed by atoms with van der Waals surface area (Å²) in [5, 5.41) is 0. The number of nitrogens with two attached hydrogens (primary N) is 2. The lowest BCUT2D eigenvalue weighted by Gasteiger charge is -2.21. The normalized spacial score (nSPS) is 15.1. The average Bonchev–Trinajstić information content (AvgIpc) is 2.19. The molecule has 1 aromatic rings. The van der Waals surface area contributed by atoms with Crippen LogP contribution in [0.2, 0.25) is 0 Å². The van der Waals surface area contributed by atoms with Crippen molar-refractivity contribution in [3.63, 3.8) is 0 Å². The van der Waals surface area contributed by atoms with E-state index in [1.165, 1.54) is 11.1 Å². The molecule has 1 aromatic carbocycles. The van der Waals surface area contributed by atoms with Crippen molar-refractivity contribution < 1.29 is 0 Å². The molecule has 0 fully saturated rings. The van der Waals surface area contributed by atoms with Crippen LogP contribution in [0.25, 0.3) is 0 Å². The van der Waals surface area contributed by atoms with Gasteiger partial charge in [-0.2, -0.15) is 0 Å². The zero-order valence-electron chi connectivity index (χ0n) is 9.03. The van der Waals surface area contributed by atoms with Crippen molar-refractivity contribution in [1.82, 2.24) is 0 Å². The van der Waals surface area contributed by atoms with Crippen molar-refractivity contribution in [3.8, 4) is 0 Å². The lowest BCUT2D eigenvalue weighted by molar-refractivity contribution is 0.572. The predicted molar refractivity (Wildman–Crippen MR) is 61.3 cm³/mol. The average molecular weight is 192 g/mol. The molecule has 4 N–H and O–H groups in total. The van der Waals surface area contributed by atoms with Gasteiger partial charge in [0.15, 0.2) is 0 Å². The molecule has 0 radical (unpaired) electrons. The van der Waals surface area contributed by atoms with Crippen molar-refractivity contribution in [2.75, 3.05) is 6.54 Å². The number of rotatable bonds is 4. The summed E-state index contributed by atoms with van der Waals surface area (Å²) in [5.41, 5.74) is 14.3. The summed E-state index contributed by atoms with van der Waals surface area (Å²) in [6.07, 6.45) is 1.04. The molecule has 1 rings (SSSR count). The zero-order chi connectivity index (χ0) is 10.6. The van der Waals surface area contributed by atoms with E-state index in [1.807, 2.05) is 6.92 Å². The van der Waals surface area contributed by atoms with E-state index in [-0.39, 0.29) is 12.0 Å². The van der Waals surface area contributed by atoms with Gasteiger partial charge in [-0.15, -0.1) is 0 Å². The van der Waals surface area contributed by atoms with Crippen LogP contribution in [0.5, 0.6) is 0 Å². The predicted octanol–water partition coefficient (Wildman–Crippen LogP) is 1.64. The first-order valence-electron chi connectivity index (χ1n) is 5.24. The molecule has 2 heteroatoms. The van der Waals surface area contributed by atoms with Gasteiger partial charge in [-0.1, -0.05) is 31.2 Å². The van der Waals surface area contributed by atoms with Crippen LogP contribution in [0, 0.1) is 0 Å². The first kappa shape index (κ1) is 11.2. The number of hydrogen-bond acceptors (Lipinski definition) is 2. The Balaban J connectivity index is 3.02. The highest BCUT2D eigenvalue weighted by molar-refractivity contribution is 5.31. The van der Waals surface area contributed by atoms with E-state index in [9.17, 15) is 0 Å². The Morgan fingerprint density at radius 2 is 1.93 bits per heavy atom. The van der Waals surface area contributed by atoms with Crippen LogP contribution in [0.4, 0.5) is 0 Å². The molecule has 0 saturated heterocycles. The molecule has 0 aliphatic carbocycles. The van der Waals surface area contributed by atoms with Crippen molar-refractivity contribution in [3.05, 3.63) is 35.4 Å². The Morgan fingerprint density at radius 3 is 2.43 bits per heavy atom. The third-order valence-corrected chi connectivity index (χ3v) is 2.72. The molecule has 0 aliphatic heterocycles. The van der Waals surface area contributed by atoms with Gasteiger partial charge in [0, 0.05) is 18.5 Å². The maximum Gasteiger partial charge on any atom is 0.0113 e. The molecule has 14 heavy (non-hydrogen) atoms. The molecule has 2 nitrogen and oxygen atoms in total. The standard InChI is InChI=1S/C12H20N2/c1-3-10-6-4-5-7-11(10)12(8-13)9(2)14/h4-7,9,12H,3,8,13-14H2,1-2H3. The second kappa shape index (κ2) is 5.13. The molecule has 2 atom stereocenters. The molecule has 0 amide bonds. The van der Waals surface area contributed by atoms with Gasteiger partial charge in [0.1, 0.15) is 0 Å². The topological polar surface area (TPSA) is 52.0 Å². The highest BCUT2D eigenvalue weighted by Crippen LogP contribution is 2.21. The van der Waals surface area contributed by atoms with Crippen LogP contribution in [0.3, 0.4) is 0 Å². The summed E-state index contributed by atoms with van der Waals surface area (Å²) < 4.78 is 0. The Kier molecular flexibility index (Phi) is 4.11. The van der Waals surface area contributed by atoms with Crippen LogP contribution in [-0.2, 0) is 6.42 Å². The van der Waals surface area contributed by atoms with Crippen LogP contribution in [0.15, 0.2) is 24.3 Å². The second-order valence-electron chi connectivity index (χ2n) is 3.75. The maximum absolute atomic E-state index is 5.92. The molecule has 0 aliphatic rings. The fourth-order valence-electron chi connectivity index (χ4n) is 1.84. The van der Waals surface area contributed by atoms with E-state index in [0.29, 0.717) is 6.54 Å².